The molecule has 0 aliphatic carbocycles. The number of ether oxygens (including phenoxy) is 3. The minimum Gasteiger partial charge on any atom is -0.465 e. The van der Waals surface area contributed by atoms with Crippen molar-refractivity contribution >= 4 is 34.9 Å². The van der Waals surface area contributed by atoms with Crippen LogP contribution in [0.1, 0.15) is 30.4 Å². The van der Waals surface area contributed by atoms with Crippen molar-refractivity contribution in [2.24, 2.45) is 0 Å². The average Bonchev–Trinajstić information content (AvgIpc) is 3.29. The lowest BCUT2D eigenvalue weighted by molar-refractivity contribution is 0.0555. The molecule has 29 heavy (non-hydrogen) atoms. The number of benzene rings is 2. The van der Waals surface area contributed by atoms with Crippen LogP contribution in [0.15, 0.2) is 60.0 Å². The van der Waals surface area contributed by atoms with Crippen molar-refractivity contribution in [3.05, 3.63) is 76.0 Å². The molecule has 1 amide bonds. The Hall–Kier alpha value is -3.65. The molecule has 1 heterocycles. The maximum atomic E-state index is 12.1. The summed E-state index contributed by atoms with van der Waals surface area (Å²) in [5.74, 6) is -0.686. The van der Waals surface area contributed by atoms with Gasteiger partial charge in [-0.2, -0.15) is 0 Å². The zero-order valence-electron chi connectivity index (χ0n) is 15.6. The molecule has 1 N–H and O–H groups in total. The fourth-order valence-electron chi connectivity index (χ4n) is 2.50. The molecule has 1 aromatic heterocycles. The summed E-state index contributed by atoms with van der Waals surface area (Å²) in [7, 11) is 2.45. The zero-order chi connectivity index (χ0) is 20.8. The van der Waals surface area contributed by atoms with Crippen LogP contribution in [0.5, 0.6) is 11.5 Å². The minimum absolute atomic E-state index is 0.0386. The van der Waals surface area contributed by atoms with E-state index >= 15 is 0 Å². The molecule has 0 saturated carbocycles. The van der Waals surface area contributed by atoms with E-state index in [2.05, 4.69) is 10.1 Å². The summed E-state index contributed by atoms with van der Waals surface area (Å²) in [5.41, 5.74) is 0.738. The van der Waals surface area contributed by atoms with Gasteiger partial charge in [-0.15, -0.1) is 11.3 Å². The van der Waals surface area contributed by atoms with Gasteiger partial charge in [0.05, 0.1) is 30.2 Å². The van der Waals surface area contributed by atoms with Crippen molar-refractivity contribution in [1.82, 2.24) is 0 Å². The maximum absolute atomic E-state index is 12.1. The van der Waals surface area contributed by atoms with Gasteiger partial charge in [0, 0.05) is 5.69 Å². The SMILES string of the molecule is COC(=O)c1ccc(Oc2ccc(NC(=O)c3cccs3)cc2)cc1C(=O)OC. The van der Waals surface area contributed by atoms with Crippen LogP contribution in [-0.2, 0) is 9.47 Å². The highest BCUT2D eigenvalue weighted by atomic mass is 32.1. The summed E-state index contributed by atoms with van der Waals surface area (Å²) in [6.07, 6.45) is 0. The third kappa shape index (κ3) is 4.80. The van der Waals surface area contributed by atoms with Gasteiger partial charge >= 0.3 is 11.9 Å². The van der Waals surface area contributed by atoms with Crippen molar-refractivity contribution in [3.8, 4) is 11.5 Å². The van der Waals surface area contributed by atoms with E-state index in [1.54, 1.807) is 36.4 Å². The third-order valence-electron chi connectivity index (χ3n) is 3.89. The van der Waals surface area contributed by atoms with Gasteiger partial charge in [0.15, 0.2) is 0 Å². The molecule has 0 bridgehead atoms. The highest BCUT2D eigenvalue weighted by molar-refractivity contribution is 7.12. The van der Waals surface area contributed by atoms with Gasteiger partial charge in [-0.1, -0.05) is 6.07 Å². The molecule has 2 aromatic carbocycles. The molecule has 0 saturated heterocycles. The van der Waals surface area contributed by atoms with E-state index in [-0.39, 0.29) is 17.0 Å². The number of rotatable bonds is 6. The molecule has 0 spiro atoms. The molecule has 0 atom stereocenters. The van der Waals surface area contributed by atoms with E-state index in [9.17, 15) is 14.4 Å². The number of methoxy groups -OCH3 is 2. The highest BCUT2D eigenvalue weighted by Crippen LogP contribution is 2.26. The number of hydrogen-bond donors (Lipinski definition) is 1. The van der Waals surface area contributed by atoms with Crippen LogP contribution in [0.25, 0.3) is 0 Å². The molecule has 0 unspecified atom stereocenters. The van der Waals surface area contributed by atoms with Crippen molar-refractivity contribution in [3.63, 3.8) is 0 Å². The molecule has 0 radical (unpaired) electrons. The predicted molar refractivity (Wildman–Crippen MR) is 108 cm³/mol. The average molecular weight is 411 g/mol. The lowest BCUT2D eigenvalue weighted by Gasteiger charge is -2.11. The molecule has 148 valence electrons. The van der Waals surface area contributed by atoms with E-state index in [0.29, 0.717) is 22.1 Å². The summed E-state index contributed by atoms with van der Waals surface area (Å²) in [4.78, 5) is 36.5. The Morgan fingerprint density at radius 2 is 1.48 bits per heavy atom. The number of amides is 1. The number of nitrogens with one attached hydrogen (secondary N) is 1. The monoisotopic (exact) mass is 411 g/mol. The molecule has 0 aliphatic rings. The van der Waals surface area contributed by atoms with Gasteiger partial charge in [-0.25, -0.2) is 9.59 Å². The first-order valence-electron chi connectivity index (χ1n) is 8.45. The van der Waals surface area contributed by atoms with Crippen LogP contribution in [0, 0.1) is 0 Å². The van der Waals surface area contributed by atoms with Crippen LogP contribution < -0.4 is 10.1 Å². The third-order valence-corrected chi connectivity index (χ3v) is 4.76. The lowest BCUT2D eigenvalue weighted by Crippen LogP contribution is -2.11. The summed E-state index contributed by atoms with van der Waals surface area (Å²) in [6, 6.07) is 14.7. The molecule has 0 aliphatic heterocycles. The largest absolute Gasteiger partial charge is 0.465 e. The van der Waals surface area contributed by atoms with Gasteiger partial charge in [0.25, 0.3) is 5.91 Å². The molecular formula is C21H17NO6S. The van der Waals surface area contributed by atoms with E-state index in [0.717, 1.165) is 0 Å². The normalized spacial score (nSPS) is 10.1. The number of carbonyl (C=O) groups is 3. The van der Waals surface area contributed by atoms with E-state index < -0.39 is 11.9 Å². The molecule has 0 fully saturated rings. The molecule has 3 rings (SSSR count). The first kappa shape index (κ1) is 20.1. The number of esters is 2. The Morgan fingerprint density at radius 3 is 2.10 bits per heavy atom. The highest BCUT2D eigenvalue weighted by Gasteiger charge is 2.19. The summed E-state index contributed by atoms with van der Waals surface area (Å²) in [5, 5.41) is 4.63. The van der Waals surface area contributed by atoms with Crippen LogP contribution in [-0.4, -0.2) is 32.1 Å². The van der Waals surface area contributed by atoms with E-state index in [1.165, 1.54) is 37.7 Å². The van der Waals surface area contributed by atoms with Crippen molar-refractivity contribution < 1.29 is 28.6 Å². The smallest absolute Gasteiger partial charge is 0.338 e. The standard InChI is InChI=1S/C21H17NO6S/c1-26-20(24)16-10-9-15(12-17(16)21(25)27-2)28-14-7-5-13(6-8-14)22-19(23)18-4-3-11-29-18/h3-12H,1-2H3,(H,22,23). The van der Waals surface area contributed by atoms with Crippen LogP contribution in [0.4, 0.5) is 5.69 Å². The summed E-state index contributed by atoms with van der Waals surface area (Å²) in [6.45, 7) is 0. The minimum atomic E-state index is -0.678. The fraction of sp³-hybridized carbons (Fsp3) is 0.0952. The van der Waals surface area contributed by atoms with Crippen molar-refractivity contribution in [2.45, 2.75) is 0 Å². The lowest BCUT2D eigenvalue weighted by atomic mass is 10.1. The first-order chi connectivity index (χ1) is 14.0. The summed E-state index contributed by atoms with van der Waals surface area (Å²) >= 11 is 1.36. The quantitative estimate of drug-likeness (QED) is 0.606. The number of thiophene rings is 1. The predicted octanol–water partition coefficient (Wildman–Crippen LogP) is 4.37. The van der Waals surface area contributed by atoms with Crippen molar-refractivity contribution in [2.75, 3.05) is 19.5 Å². The number of carbonyl (C=O) groups excluding carboxylic acids is 3. The van der Waals surface area contributed by atoms with Crippen LogP contribution in [0.3, 0.4) is 0 Å². The van der Waals surface area contributed by atoms with Crippen LogP contribution >= 0.6 is 11.3 Å². The Labute approximate surface area is 170 Å². The Morgan fingerprint density at radius 1 is 0.828 bits per heavy atom. The Bertz CT molecular complexity index is 1030. The van der Waals surface area contributed by atoms with Gasteiger partial charge in [0.2, 0.25) is 0 Å². The van der Waals surface area contributed by atoms with E-state index in [1.807, 2.05) is 11.4 Å². The van der Waals surface area contributed by atoms with Gasteiger partial charge in [-0.05, 0) is 53.9 Å². The molecule has 7 nitrogen and oxygen atoms in total. The zero-order valence-corrected chi connectivity index (χ0v) is 16.4. The van der Waals surface area contributed by atoms with Gasteiger partial charge < -0.3 is 19.5 Å². The molecular weight excluding hydrogens is 394 g/mol. The topological polar surface area (TPSA) is 90.9 Å². The second-order valence-electron chi connectivity index (χ2n) is 5.75. The summed E-state index contributed by atoms with van der Waals surface area (Å²) < 4.78 is 15.1. The number of anilines is 1. The molecule has 8 heteroatoms. The Kier molecular flexibility index (Phi) is 6.25. The first-order valence-corrected chi connectivity index (χ1v) is 9.33. The van der Waals surface area contributed by atoms with Gasteiger partial charge in [0.1, 0.15) is 11.5 Å². The van der Waals surface area contributed by atoms with Crippen molar-refractivity contribution in [1.29, 1.82) is 0 Å². The van der Waals surface area contributed by atoms with Crippen LogP contribution in [0.2, 0.25) is 0 Å². The second-order valence-corrected chi connectivity index (χ2v) is 6.70. The van der Waals surface area contributed by atoms with Gasteiger partial charge in [-0.3, -0.25) is 4.79 Å². The maximum Gasteiger partial charge on any atom is 0.338 e. The fourth-order valence-corrected chi connectivity index (χ4v) is 3.12. The van der Waals surface area contributed by atoms with E-state index in [4.69, 9.17) is 9.47 Å². The molecule has 3 aromatic rings. The number of hydrogen-bond acceptors (Lipinski definition) is 7. The Balaban J connectivity index is 1.75. The second kappa shape index (κ2) is 9.03.